The molecule has 1 aromatic rings. The van der Waals surface area contributed by atoms with Gasteiger partial charge in [0.25, 0.3) is 0 Å². The van der Waals surface area contributed by atoms with Crippen LogP contribution in [0.2, 0.25) is 0 Å². The van der Waals surface area contributed by atoms with Crippen LogP contribution in [-0.4, -0.2) is 23.5 Å². The molecule has 4 nitrogen and oxygen atoms in total. The molecule has 0 bridgehead atoms. The minimum Gasteiger partial charge on any atom is -0.446 e. The van der Waals surface area contributed by atoms with Crippen LogP contribution in [0, 0.1) is 11.3 Å². The quantitative estimate of drug-likeness (QED) is 0.820. The molecule has 1 saturated heterocycles. The molecule has 2 aliphatic rings. The Bertz CT molecular complexity index is 523. The van der Waals surface area contributed by atoms with E-state index in [2.05, 4.69) is 13.8 Å². The molecule has 1 aliphatic heterocycles. The second-order valence-corrected chi connectivity index (χ2v) is 5.96. The van der Waals surface area contributed by atoms with Crippen LogP contribution in [0.25, 0.3) is 0 Å². The Balaban J connectivity index is 1.86. The highest BCUT2D eigenvalue weighted by molar-refractivity contribution is 5.96. The van der Waals surface area contributed by atoms with Crippen molar-refractivity contribution in [2.45, 2.75) is 26.3 Å². The van der Waals surface area contributed by atoms with Gasteiger partial charge < -0.3 is 4.74 Å². The van der Waals surface area contributed by atoms with Crippen molar-refractivity contribution in [1.82, 2.24) is 4.90 Å². The molecule has 4 heteroatoms. The number of amides is 2. The number of carbonyl (C=O) groups is 2. The average Bonchev–Trinajstić information content (AvgIpc) is 2.86. The molecule has 0 spiro atoms. The summed E-state index contributed by atoms with van der Waals surface area (Å²) in [4.78, 5) is 25.6. The van der Waals surface area contributed by atoms with E-state index in [0.717, 1.165) is 12.0 Å². The van der Waals surface area contributed by atoms with Crippen molar-refractivity contribution >= 4 is 12.0 Å². The maximum atomic E-state index is 12.4. The van der Waals surface area contributed by atoms with Crippen LogP contribution < -0.4 is 0 Å². The van der Waals surface area contributed by atoms with E-state index in [1.165, 1.54) is 4.90 Å². The number of carbonyl (C=O) groups excluding carboxylic acids is 2. The van der Waals surface area contributed by atoms with Crippen molar-refractivity contribution in [1.29, 1.82) is 0 Å². The fourth-order valence-corrected chi connectivity index (χ4v) is 2.64. The fraction of sp³-hybridized carbons (Fsp3) is 0.467. The molecule has 1 heterocycles. The summed E-state index contributed by atoms with van der Waals surface area (Å²) >= 11 is 0. The van der Waals surface area contributed by atoms with Crippen molar-refractivity contribution in [3.8, 4) is 0 Å². The third kappa shape index (κ3) is 2.01. The van der Waals surface area contributed by atoms with Crippen molar-refractivity contribution in [3.63, 3.8) is 0 Å². The van der Waals surface area contributed by atoms with Crippen molar-refractivity contribution in [2.24, 2.45) is 11.3 Å². The second kappa shape index (κ2) is 4.08. The molecular weight excluding hydrogens is 242 g/mol. The van der Waals surface area contributed by atoms with Crippen LogP contribution in [0.5, 0.6) is 0 Å². The van der Waals surface area contributed by atoms with E-state index in [0.29, 0.717) is 0 Å². The summed E-state index contributed by atoms with van der Waals surface area (Å²) < 4.78 is 5.07. The van der Waals surface area contributed by atoms with E-state index in [1.807, 2.05) is 30.3 Å². The van der Waals surface area contributed by atoms with Gasteiger partial charge in [0.1, 0.15) is 12.6 Å². The summed E-state index contributed by atoms with van der Waals surface area (Å²) in [5.74, 6) is -0.147. The number of ether oxygens (including phenoxy) is 1. The number of nitrogens with zero attached hydrogens (tertiary/aromatic N) is 1. The zero-order valence-electron chi connectivity index (χ0n) is 11.1. The molecular formula is C15H17NO3. The zero-order valence-corrected chi connectivity index (χ0v) is 11.1. The van der Waals surface area contributed by atoms with Crippen LogP contribution in [0.15, 0.2) is 30.3 Å². The van der Waals surface area contributed by atoms with Crippen molar-refractivity contribution < 1.29 is 14.3 Å². The Morgan fingerprint density at radius 1 is 1.32 bits per heavy atom. The number of imide groups is 1. The molecule has 2 atom stereocenters. The Labute approximate surface area is 112 Å². The summed E-state index contributed by atoms with van der Waals surface area (Å²) in [6, 6.07) is 9.29. The molecule has 0 aromatic heterocycles. The Morgan fingerprint density at radius 2 is 1.95 bits per heavy atom. The topological polar surface area (TPSA) is 46.6 Å². The number of rotatable bonds is 2. The standard InChI is InChI=1S/C15H17NO3/c1-15(2)8-11(15)13(17)16-12(9-19-14(16)18)10-6-4-3-5-7-10/h3-7,11-12H,8-9H2,1-2H3. The van der Waals surface area contributed by atoms with E-state index >= 15 is 0 Å². The molecule has 2 amide bonds. The van der Waals surface area contributed by atoms with E-state index in [-0.39, 0.29) is 29.9 Å². The zero-order chi connectivity index (χ0) is 13.6. The Hall–Kier alpha value is -1.84. The van der Waals surface area contributed by atoms with Crippen LogP contribution >= 0.6 is 0 Å². The SMILES string of the molecule is CC1(C)CC1C(=O)N1C(=O)OCC1c1ccccc1. The minimum absolute atomic E-state index is 0.0151. The third-order valence-electron chi connectivity index (χ3n) is 4.11. The van der Waals surface area contributed by atoms with E-state index in [1.54, 1.807) is 0 Å². The molecule has 1 saturated carbocycles. The van der Waals surface area contributed by atoms with E-state index in [4.69, 9.17) is 4.74 Å². The largest absolute Gasteiger partial charge is 0.446 e. The van der Waals surface area contributed by atoms with E-state index in [9.17, 15) is 9.59 Å². The highest BCUT2D eigenvalue weighted by Crippen LogP contribution is 2.53. The number of benzene rings is 1. The number of cyclic esters (lactones) is 1. The summed E-state index contributed by atoms with van der Waals surface area (Å²) in [6.07, 6.45) is 0.332. The van der Waals surface area contributed by atoms with Gasteiger partial charge >= 0.3 is 6.09 Å². The summed E-state index contributed by atoms with van der Waals surface area (Å²) in [6.45, 7) is 4.35. The highest BCUT2D eigenvalue weighted by Gasteiger charge is 2.55. The highest BCUT2D eigenvalue weighted by atomic mass is 16.6. The van der Waals surface area contributed by atoms with Gasteiger partial charge in [-0.2, -0.15) is 0 Å². The monoisotopic (exact) mass is 259 g/mol. The first-order valence-corrected chi connectivity index (χ1v) is 6.55. The average molecular weight is 259 g/mol. The molecule has 2 unspecified atom stereocenters. The van der Waals surface area contributed by atoms with Crippen LogP contribution in [0.4, 0.5) is 4.79 Å². The van der Waals surface area contributed by atoms with Crippen LogP contribution in [0.3, 0.4) is 0 Å². The fourth-order valence-electron chi connectivity index (χ4n) is 2.64. The van der Waals surface area contributed by atoms with Gasteiger partial charge in [0.15, 0.2) is 0 Å². The predicted molar refractivity (Wildman–Crippen MR) is 69.3 cm³/mol. The molecule has 3 rings (SSSR count). The number of hydrogen-bond acceptors (Lipinski definition) is 3. The molecule has 2 fully saturated rings. The molecule has 19 heavy (non-hydrogen) atoms. The van der Waals surface area contributed by atoms with Crippen molar-refractivity contribution in [3.05, 3.63) is 35.9 Å². The van der Waals surface area contributed by atoms with Gasteiger partial charge in [-0.1, -0.05) is 44.2 Å². The molecule has 1 aliphatic carbocycles. The van der Waals surface area contributed by atoms with Crippen LogP contribution in [0.1, 0.15) is 31.9 Å². The van der Waals surface area contributed by atoms with Crippen molar-refractivity contribution in [2.75, 3.05) is 6.61 Å². The molecule has 0 N–H and O–H groups in total. The maximum absolute atomic E-state index is 12.4. The van der Waals surface area contributed by atoms with Crippen LogP contribution in [-0.2, 0) is 9.53 Å². The first-order chi connectivity index (χ1) is 9.00. The lowest BCUT2D eigenvalue weighted by molar-refractivity contribution is -0.131. The first-order valence-electron chi connectivity index (χ1n) is 6.55. The second-order valence-electron chi connectivity index (χ2n) is 5.96. The Morgan fingerprint density at radius 3 is 2.53 bits per heavy atom. The first kappa shape index (κ1) is 12.2. The lowest BCUT2D eigenvalue weighted by Crippen LogP contribution is -2.36. The van der Waals surface area contributed by atoms with Gasteiger partial charge in [0.05, 0.1) is 0 Å². The summed E-state index contributed by atoms with van der Waals surface area (Å²) in [7, 11) is 0. The molecule has 1 aromatic carbocycles. The third-order valence-corrected chi connectivity index (χ3v) is 4.11. The van der Waals surface area contributed by atoms with Gasteiger partial charge in [0.2, 0.25) is 5.91 Å². The number of hydrogen-bond donors (Lipinski definition) is 0. The van der Waals surface area contributed by atoms with E-state index < -0.39 is 6.09 Å². The van der Waals surface area contributed by atoms with Gasteiger partial charge in [-0.3, -0.25) is 4.79 Å². The minimum atomic E-state index is -0.512. The van der Waals surface area contributed by atoms with Gasteiger partial charge in [-0.25, -0.2) is 9.69 Å². The lowest BCUT2D eigenvalue weighted by atomic mass is 10.1. The Kier molecular flexibility index (Phi) is 2.62. The normalized spacial score (nSPS) is 28.1. The van der Waals surface area contributed by atoms with Gasteiger partial charge in [-0.15, -0.1) is 0 Å². The summed E-state index contributed by atoms with van der Waals surface area (Å²) in [5.41, 5.74) is 0.960. The van der Waals surface area contributed by atoms with Gasteiger partial charge in [-0.05, 0) is 17.4 Å². The maximum Gasteiger partial charge on any atom is 0.417 e. The summed E-state index contributed by atoms with van der Waals surface area (Å²) in [5, 5.41) is 0. The lowest BCUT2D eigenvalue weighted by Gasteiger charge is -2.20. The predicted octanol–water partition coefficient (Wildman–Crippen LogP) is 2.75. The van der Waals surface area contributed by atoms with Gasteiger partial charge in [0, 0.05) is 5.92 Å². The molecule has 100 valence electrons. The molecule has 0 radical (unpaired) electrons. The smallest absolute Gasteiger partial charge is 0.417 e.